The Labute approximate surface area is 158 Å². The van der Waals surface area contributed by atoms with Crippen LogP contribution in [0, 0.1) is 6.92 Å². The van der Waals surface area contributed by atoms with Gasteiger partial charge in [0.1, 0.15) is 6.61 Å². The van der Waals surface area contributed by atoms with E-state index >= 15 is 0 Å². The molecule has 3 heterocycles. The number of amides is 1. The van der Waals surface area contributed by atoms with E-state index in [0.717, 1.165) is 12.1 Å². The number of aromatic nitrogens is 3. The smallest absolute Gasteiger partial charge is 0.338 e. The first-order valence-corrected chi connectivity index (χ1v) is 9.27. The average molecular weight is 384 g/mol. The first-order chi connectivity index (χ1) is 13.0. The van der Waals surface area contributed by atoms with E-state index in [2.05, 4.69) is 10.1 Å². The number of carbonyl (C=O) groups excluding carboxylic acids is 2. The number of esters is 1. The number of aryl methyl sites for hydroxylation is 1. The van der Waals surface area contributed by atoms with Gasteiger partial charge in [0.15, 0.2) is 5.01 Å². The zero-order chi connectivity index (χ0) is 19.0. The van der Waals surface area contributed by atoms with Crippen molar-refractivity contribution >= 4 is 33.9 Å². The number of benzene rings is 1. The molecular formula is C18H16N4O4S. The van der Waals surface area contributed by atoms with Gasteiger partial charge in [-0.25, -0.2) is 9.78 Å². The van der Waals surface area contributed by atoms with Crippen LogP contribution in [0.5, 0.6) is 0 Å². The van der Waals surface area contributed by atoms with E-state index in [1.807, 2.05) is 0 Å². The highest BCUT2D eigenvalue weighted by molar-refractivity contribution is 7.16. The van der Waals surface area contributed by atoms with Gasteiger partial charge in [-0.15, -0.1) is 0 Å². The van der Waals surface area contributed by atoms with Crippen LogP contribution in [0.3, 0.4) is 0 Å². The van der Waals surface area contributed by atoms with Gasteiger partial charge in [-0.3, -0.25) is 9.59 Å². The van der Waals surface area contributed by atoms with Gasteiger partial charge >= 0.3 is 5.97 Å². The van der Waals surface area contributed by atoms with Gasteiger partial charge in [0.25, 0.3) is 5.56 Å². The molecule has 1 fully saturated rings. The molecule has 0 saturated carbocycles. The maximum absolute atomic E-state index is 12.2. The van der Waals surface area contributed by atoms with Crippen LogP contribution in [0.2, 0.25) is 0 Å². The van der Waals surface area contributed by atoms with Crippen molar-refractivity contribution in [3.8, 4) is 0 Å². The van der Waals surface area contributed by atoms with Crippen molar-refractivity contribution in [3.63, 3.8) is 0 Å². The Balaban J connectivity index is 1.44. The summed E-state index contributed by atoms with van der Waals surface area (Å²) < 4.78 is 6.48. The number of carbonyl (C=O) groups is 2. The first kappa shape index (κ1) is 17.3. The van der Waals surface area contributed by atoms with Crippen LogP contribution in [0.1, 0.15) is 33.9 Å². The molecule has 1 saturated heterocycles. The fourth-order valence-corrected chi connectivity index (χ4v) is 3.79. The van der Waals surface area contributed by atoms with Gasteiger partial charge in [0.2, 0.25) is 10.9 Å². The highest BCUT2D eigenvalue weighted by atomic mass is 32.1. The largest absolute Gasteiger partial charge is 0.455 e. The quantitative estimate of drug-likeness (QED) is 0.638. The lowest BCUT2D eigenvalue weighted by Crippen LogP contribution is -2.23. The molecule has 1 aliphatic rings. The fraction of sp³-hybridized carbons (Fsp3) is 0.278. The van der Waals surface area contributed by atoms with Crippen LogP contribution in [0.25, 0.3) is 4.96 Å². The van der Waals surface area contributed by atoms with Gasteiger partial charge in [0.05, 0.1) is 5.56 Å². The lowest BCUT2D eigenvalue weighted by atomic mass is 10.2. The SMILES string of the molecule is Cc1cc(=O)n2nc(COC(=O)c3ccc(N4CCCC4=O)cc3)sc2n1. The van der Waals surface area contributed by atoms with E-state index in [-0.39, 0.29) is 18.1 Å². The normalized spacial score (nSPS) is 14.1. The maximum atomic E-state index is 12.2. The molecule has 0 radical (unpaired) electrons. The second-order valence-corrected chi connectivity index (χ2v) is 7.24. The predicted molar refractivity (Wildman–Crippen MR) is 99.0 cm³/mol. The van der Waals surface area contributed by atoms with Crippen molar-refractivity contribution < 1.29 is 14.3 Å². The predicted octanol–water partition coefficient (Wildman–Crippen LogP) is 1.94. The highest BCUT2D eigenvalue weighted by Gasteiger charge is 2.21. The molecule has 0 spiro atoms. The van der Waals surface area contributed by atoms with Crippen LogP contribution in [-0.2, 0) is 16.1 Å². The van der Waals surface area contributed by atoms with Crippen LogP contribution in [0.4, 0.5) is 5.69 Å². The van der Waals surface area contributed by atoms with Crippen molar-refractivity contribution in [2.45, 2.75) is 26.4 Å². The van der Waals surface area contributed by atoms with Gasteiger partial charge in [-0.2, -0.15) is 9.61 Å². The third-order valence-corrected chi connectivity index (χ3v) is 5.11. The molecule has 0 atom stereocenters. The first-order valence-electron chi connectivity index (χ1n) is 8.45. The lowest BCUT2D eigenvalue weighted by molar-refractivity contribution is -0.117. The Hall–Kier alpha value is -3.07. The van der Waals surface area contributed by atoms with Crippen molar-refractivity contribution in [2.24, 2.45) is 0 Å². The molecule has 0 bridgehead atoms. The average Bonchev–Trinajstić information content (AvgIpc) is 3.26. The molecule has 0 unspecified atom stereocenters. The number of rotatable bonds is 4. The third-order valence-electron chi connectivity index (χ3n) is 4.23. The molecule has 138 valence electrons. The number of ether oxygens (including phenoxy) is 1. The van der Waals surface area contributed by atoms with Crippen molar-refractivity contribution in [2.75, 3.05) is 11.4 Å². The number of nitrogens with zero attached hydrogens (tertiary/aromatic N) is 4. The Morgan fingerprint density at radius 3 is 2.74 bits per heavy atom. The monoisotopic (exact) mass is 384 g/mol. The molecule has 0 N–H and O–H groups in total. The molecule has 8 nitrogen and oxygen atoms in total. The standard InChI is InChI=1S/C18H16N4O4S/c1-11-9-16(24)22-18(19-11)27-14(20-22)10-26-17(25)12-4-6-13(7-5-12)21-8-2-3-15(21)23/h4-7,9H,2-3,8,10H2,1H3. The molecule has 4 rings (SSSR count). The zero-order valence-corrected chi connectivity index (χ0v) is 15.4. The number of fused-ring (bicyclic) bond motifs is 1. The van der Waals surface area contributed by atoms with Gasteiger partial charge in [-0.05, 0) is 37.6 Å². The van der Waals surface area contributed by atoms with E-state index in [1.54, 1.807) is 36.1 Å². The summed E-state index contributed by atoms with van der Waals surface area (Å²) in [7, 11) is 0. The van der Waals surface area contributed by atoms with E-state index < -0.39 is 5.97 Å². The summed E-state index contributed by atoms with van der Waals surface area (Å²) in [6, 6.07) is 8.15. The minimum absolute atomic E-state index is 0.0439. The minimum Gasteiger partial charge on any atom is -0.455 e. The molecule has 1 aromatic carbocycles. The third kappa shape index (κ3) is 3.45. The summed E-state index contributed by atoms with van der Waals surface area (Å²) in [6.45, 7) is 2.39. The molecule has 2 aromatic heterocycles. The van der Waals surface area contributed by atoms with Crippen LogP contribution in [0.15, 0.2) is 35.1 Å². The molecule has 0 aliphatic carbocycles. The van der Waals surface area contributed by atoms with Gasteiger partial charge < -0.3 is 9.64 Å². The number of anilines is 1. The summed E-state index contributed by atoms with van der Waals surface area (Å²) in [4.78, 5) is 42.3. The second kappa shape index (κ2) is 6.92. The molecular weight excluding hydrogens is 368 g/mol. The van der Waals surface area contributed by atoms with Gasteiger partial charge in [0, 0.05) is 30.4 Å². The van der Waals surface area contributed by atoms with E-state index in [4.69, 9.17) is 4.74 Å². The topological polar surface area (TPSA) is 93.9 Å². The molecule has 9 heteroatoms. The van der Waals surface area contributed by atoms with Crippen molar-refractivity contribution in [1.82, 2.24) is 14.6 Å². The van der Waals surface area contributed by atoms with E-state index in [0.29, 0.717) is 34.2 Å². The Morgan fingerprint density at radius 2 is 2.04 bits per heavy atom. The fourth-order valence-electron chi connectivity index (χ4n) is 2.93. The summed E-state index contributed by atoms with van der Waals surface area (Å²) >= 11 is 1.20. The summed E-state index contributed by atoms with van der Waals surface area (Å²) in [5.74, 6) is -0.398. The van der Waals surface area contributed by atoms with Crippen LogP contribution >= 0.6 is 11.3 Å². The summed E-state index contributed by atoms with van der Waals surface area (Å²) in [5.41, 5.74) is 1.51. The van der Waals surface area contributed by atoms with Gasteiger partial charge in [-0.1, -0.05) is 11.3 Å². The molecule has 27 heavy (non-hydrogen) atoms. The van der Waals surface area contributed by atoms with E-state index in [1.165, 1.54) is 21.9 Å². The Bertz CT molecular complexity index is 1090. The van der Waals surface area contributed by atoms with Crippen molar-refractivity contribution in [3.05, 3.63) is 57.0 Å². The summed E-state index contributed by atoms with van der Waals surface area (Å²) in [5, 5.41) is 4.62. The Kier molecular flexibility index (Phi) is 4.44. The zero-order valence-electron chi connectivity index (χ0n) is 14.5. The van der Waals surface area contributed by atoms with E-state index in [9.17, 15) is 14.4 Å². The molecule has 1 amide bonds. The molecule has 1 aliphatic heterocycles. The number of hydrogen-bond acceptors (Lipinski definition) is 7. The number of hydrogen-bond donors (Lipinski definition) is 0. The van der Waals surface area contributed by atoms with Crippen molar-refractivity contribution in [1.29, 1.82) is 0 Å². The Morgan fingerprint density at radius 1 is 1.26 bits per heavy atom. The minimum atomic E-state index is -0.495. The lowest BCUT2D eigenvalue weighted by Gasteiger charge is -2.15. The summed E-state index contributed by atoms with van der Waals surface area (Å²) in [6.07, 6.45) is 1.41. The van der Waals surface area contributed by atoms with Crippen LogP contribution < -0.4 is 10.5 Å². The molecule has 3 aromatic rings. The van der Waals surface area contributed by atoms with Crippen LogP contribution in [-0.4, -0.2) is 33.0 Å². The maximum Gasteiger partial charge on any atom is 0.338 e. The highest BCUT2D eigenvalue weighted by Crippen LogP contribution is 2.22. The second-order valence-electron chi connectivity index (χ2n) is 6.20.